The number of nitrogens with zero attached hydrogens (tertiary/aromatic N) is 4. The number of aliphatic imine (C=N–C) groups is 1. The van der Waals surface area contributed by atoms with Gasteiger partial charge < -0.3 is 10.6 Å². The van der Waals surface area contributed by atoms with E-state index in [0.717, 1.165) is 12.8 Å². The first-order valence-electron chi connectivity index (χ1n) is 11.0. The van der Waals surface area contributed by atoms with E-state index in [1.165, 1.54) is 47.3 Å². The lowest BCUT2D eigenvalue weighted by atomic mass is 9.98. The Morgan fingerprint density at radius 1 is 1.29 bits per heavy atom. The highest BCUT2D eigenvalue weighted by atomic mass is 32.2. The molecule has 9 heteroatoms. The van der Waals surface area contributed by atoms with Gasteiger partial charge in [-0.3, -0.25) is 9.79 Å². The van der Waals surface area contributed by atoms with Crippen LogP contribution in [0.4, 0.5) is 8.78 Å². The Hall–Kier alpha value is -3.25. The highest BCUT2D eigenvalue weighted by Crippen LogP contribution is 2.64. The van der Waals surface area contributed by atoms with Gasteiger partial charge in [-0.05, 0) is 49.0 Å². The molecule has 0 radical (unpaired) electrons. The minimum atomic E-state index is -0.719. The van der Waals surface area contributed by atoms with E-state index in [1.807, 2.05) is 0 Å². The first kappa shape index (κ1) is 22.5. The van der Waals surface area contributed by atoms with E-state index in [9.17, 15) is 13.6 Å². The van der Waals surface area contributed by atoms with Crippen LogP contribution in [0.5, 0.6) is 0 Å². The van der Waals surface area contributed by atoms with Crippen LogP contribution in [0.3, 0.4) is 0 Å². The number of halogens is 2. The molecule has 2 aromatic rings. The number of hydrogen-bond donors (Lipinski definition) is 1. The quantitative estimate of drug-likeness (QED) is 0.675. The lowest BCUT2D eigenvalue weighted by molar-refractivity contribution is -0.129. The summed E-state index contributed by atoms with van der Waals surface area (Å²) in [6.45, 7) is 0. The van der Waals surface area contributed by atoms with E-state index < -0.39 is 22.4 Å². The summed E-state index contributed by atoms with van der Waals surface area (Å²) in [6.07, 6.45) is 6.84. The zero-order valence-electron chi connectivity index (χ0n) is 18.8. The SMILES string of the molecule is CN(C)C(=O)C12CC1C(c1cc(/C=C(\F)c3cnc(C#CC4CC4)cn3)ccc1F)N=C(N)S2. The van der Waals surface area contributed by atoms with Gasteiger partial charge in [-0.1, -0.05) is 23.7 Å². The standard InChI is InChI=1S/C25H23F2N5OS/c1-32(2)23(33)25-11-18(25)22(31-24(28)34-25)17-9-15(6-8-19(17)26)10-20(27)21-13-29-16(12-30-21)7-5-14-3-4-14/h6,8-10,12-14,18,22H,3-4,11H2,1-2H3,(H2,28,31)/b20-10-. The third kappa shape index (κ3) is 4.30. The molecule has 2 heterocycles. The maximum Gasteiger partial charge on any atom is 0.239 e. The first-order valence-corrected chi connectivity index (χ1v) is 11.8. The van der Waals surface area contributed by atoms with Gasteiger partial charge in [0.05, 0.1) is 18.4 Å². The number of nitrogens with two attached hydrogens (primary N) is 1. The Kier molecular flexibility index (Phi) is 5.64. The fourth-order valence-electron chi connectivity index (χ4n) is 4.16. The molecule has 3 unspecified atom stereocenters. The summed E-state index contributed by atoms with van der Waals surface area (Å²) in [5.74, 6) is 5.17. The summed E-state index contributed by atoms with van der Waals surface area (Å²) in [6, 6.07) is 3.71. The highest BCUT2D eigenvalue weighted by Gasteiger charge is 2.67. The van der Waals surface area contributed by atoms with Crippen molar-refractivity contribution in [2.45, 2.75) is 30.1 Å². The summed E-state index contributed by atoms with van der Waals surface area (Å²) in [4.78, 5) is 27.0. The van der Waals surface area contributed by atoms with Crippen LogP contribution >= 0.6 is 11.8 Å². The van der Waals surface area contributed by atoms with Gasteiger partial charge in [-0.2, -0.15) is 0 Å². The second-order valence-electron chi connectivity index (χ2n) is 9.02. The average Bonchev–Trinajstić information content (AvgIpc) is 3.73. The topological polar surface area (TPSA) is 84.5 Å². The molecule has 0 spiro atoms. The normalized spacial score (nSPS) is 25.5. The minimum Gasteiger partial charge on any atom is -0.378 e. The molecule has 34 heavy (non-hydrogen) atoms. The van der Waals surface area contributed by atoms with Crippen molar-refractivity contribution in [1.29, 1.82) is 0 Å². The Morgan fingerprint density at radius 2 is 2.09 bits per heavy atom. The Morgan fingerprint density at radius 3 is 2.76 bits per heavy atom. The maximum absolute atomic E-state index is 14.9. The molecule has 6 nitrogen and oxygen atoms in total. The Balaban J connectivity index is 1.40. The summed E-state index contributed by atoms with van der Waals surface area (Å²) in [5, 5.41) is 0.251. The largest absolute Gasteiger partial charge is 0.378 e. The number of carbonyl (C=O) groups is 1. The van der Waals surface area contributed by atoms with Crippen molar-refractivity contribution < 1.29 is 13.6 Å². The fourth-order valence-corrected chi connectivity index (χ4v) is 5.52. The van der Waals surface area contributed by atoms with Gasteiger partial charge in [0.25, 0.3) is 0 Å². The van der Waals surface area contributed by atoms with Crippen LogP contribution in [-0.4, -0.2) is 44.8 Å². The second-order valence-corrected chi connectivity index (χ2v) is 10.4. The third-order valence-electron chi connectivity index (χ3n) is 6.17. The molecule has 2 aliphatic carbocycles. The number of thioether (sulfide) groups is 1. The number of carbonyl (C=O) groups excluding carboxylic acids is 1. The number of amidine groups is 1. The number of rotatable bonds is 4. The molecular weight excluding hydrogens is 456 g/mol. The van der Waals surface area contributed by atoms with Crippen molar-refractivity contribution >= 4 is 34.7 Å². The van der Waals surface area contributed by atoms with Crippen LogP contribution in [0, 0.1) is 29.5 Å². The average molecular weight is 480 g/mol. The molecule has 1 aliphatic heterocycles. The van der Waals surface area contributed by atoms with Crippen LogP contribution in [0.1, 0.15) is 47.8 Å². The third-order valence-corrected chi connectivity index (χ3v) is 7.50. The molecule has 2 saturated carbocycles. The summed E-state index contributed by atoms with van der Waals surface area (Å²) < 4.78 is 29.0. The molecule has 174 valence electrons. The maximum atomic E-state index is 14.9. The van der Waals surface area contributed by atoms with E-state index in [2.05, 4.69) is 26.8 Å². The van der Waals surface area contributed by atoms with Crippen molar-refractivity contribution in [1.82, 2.24) is 14.9 Å². The number of amides is 1. The van der Waals surface area contributed by atoms with Crippen LogP contribution in [-0.2, 0) is 4.79 Å². The van der Waals surface area contributed by atoms with Gasteiger partial charge in [-0.15, -0.1) is 0 Å². The summed E-state index contributed by atoms with van der Waals surface area (Å²) in [7, 11) is 3.38. The van der Waals surface area contributed by atoms with E-state index in [1.54, 1.807) is 20.2 Å². The molecule has 1 aromatic heterocycles. The number of aromatic nitrogens is 2. The summed E-state index contributed by atoms with van der Waals surface area (Å²) in [5.41, 5.74) is 7.33. The van der Waals surface area contributed by atoms with Crippen molar-refractivity contribution in [2.75, 3.05) is 14.1 Å². The minimum absolute atomic E-state index is 0.0586. The van der Waals surface area contributed by atoms with Gasteiger partial charge >= 0.3 is 0 Å². The molecule has 1 amide bonds. The number of benzene rings is 1. The van der Waals surface area contributed by atoms with Crippen LogP contribution < -0.4 is 5.73 Å². The first-order chi connectivity index (χ1) is 16.3. The smallest absolute Gasteiger partial charge is 0.239 e. The molecule has 3 atom stereocenters. The monoisotopic (exact) mass is 479 g/mol. The fraction of sp³-hybridized carbons (Fsp3) is 0.360. The molecule has 3 aliphatic rings. The number of hydrogen-bond acceptors (Lipinski definition) is 6. The van der Waals surface area contributed by atoms with E-state index in [0.29, 0.717) is 29.2 Å². The zero-order valence-corrected chi connectivity index (χ0v) is 19.6. The van der Waals surface area contributed by atoms with Crippen LogP contribution in [0.25, 0.3) is 11.9 Å². The van der Waals surface area contributed by atoms with E-state index in [4.69, 9.17) is 5.73 Å². The van der Waals surface area contributed by atoms with Crippen LogP contribution in [0.2, 0.25) is 0 Å². The lowest BCUT2D eigenvalue weighted by Gasteiger charge is -2.27. The Bertz CT molecular complexity index is 1280. The number of fused-ring (bicyclic) bond motifs is 1. The van der Waals surface area contributed by atoms with Crippen molar-refractivity contribution in [2.24, 2.45) is 22.6 Å². The lowest BCUT2D eigenvalue weighted by Crippen LogP contribution is -2.39. The highest BCUT2D eigenvalue weighted by molar-refractivity contribution is 8.15. The van der Waals surface area contributed by atoms with Gasteiger partial charge in [0.2, 0.25) is 5.91 Å². The molecular formula is C25H23F2N5OS. The van der Waals surface area contributed by atoms with E-state index >= 15 is 0 Å². The molecule has 0 bridgehead atoms. The van der Waals surface area contributed by atoms with E-state index in [-0.39, 0.29) is 22.7 Å². The molecule has 5 rings (SSSR count). The van der Waals surface area contributed by atoms with Crippen LogP contribution in [0.15, 0.2) is 35.6 Å². The van der Waals surface area contributed by atoms with Crippen molar-refractivity contribution in [3.63, 3.8) is 0 Å². The molecule has 1 aromatic carbocycles. The Labute approximate surface area is 200 Å². The molecule has 2 N–H and O–H groups in total. The predicted molar refractivity (Wildman–Crippen MR) is 128 cm³/mol. The molecule has 0 saturated heterocycles. The van der Waals surface area contributed by atoms with Gasteiger partial charge in [0.1, 0.15) is 22.0 Å². The van der Waals surface area contributed by atoms with Gasteiger partial charge in [-0.25, -0.2) is 18.7 Å². The second kappa shape index (κ2) is 8.51. The van der Waals surface area contributed by atoms with Crippen molar-refractivity contribution in [3.8, 4) is 11.8 Å². The molecule has 2 fully saturated rings. The predicted octanol–water partition coefficient (Wildman–Crippen LogP) is 3.79. The summed E-state index contributed by atoms with van der Waals surface area (Å²) >= 11 is 1.24. The van der Waals surface area contributed by atoms with Gasteiger partial charge in [0, 0.05) is 31.5 Å². The van der Waals surface area contributed by atoms with Crippen molar-refractivity contribution in [3.05, 3.63) is 58.9 Å². The zero-order chi connectivity index (χ0) is 24.0. The van der Waals surface area contributed by atoms with Gasteiger partial charge in [0.15, 0.2) is 11.0 Å².